The molecule has 0 bridgehead atoms. The minimum absolute atomic E-state index is 0.277. The number of para-hydroxylation sites is 2. The zero-order valence-electron chi connectivity index (χ0n) is 16.0. The summed E-state index contributed by atoms with van der Waals surface area (Å²) in [5, 5.41) is 20.1. The Morgan fingerprint density at radius 2 is 1.97 bits per heavy atom. The predicted octanol–water partition coefficient (Wildman–Crippen LogP) is 4.30. The van der Waals surface area contributed by atoms with Crippen molar-refractivity contribution in [2.75, 3.05) is 12.4 Å². The summed E-state index contributed by atoms with van der Waals surface area (Å²) < 4.78 is 14.0. The molecule has 7 nitrogen and oxygen atoms in total. The number of nitrogens with one attached hydrogen (secondary N) is 1. The minimum Gasteiger partial charge on any atom is -0.496 e. The van der Waals surface area contributed by atoms with Crippen molar-refractivity contribution < 1.29 is 9.47 Å². The lowest BCUT2D eigenvalue weighted by Gasteiger charge is -2.38. The van der Waals surface area contributed by atoms with Crippen LogP contribution < -0.4 is 14.8 Å². The summed E-state index contributed by atoms with van der Waals surface area (Å²) in [6.45, 7) is 0. The van der Waals surface area contributed by atoms with Gasteiger partial charge in [-0.25, -0.2) is 0 Å². The Morgan fingerprint density at radius 1 is 1.10 bits per heavy atom. The fraction of sp³-hybridized carbons (Fsp3) is 0.136. The first-order valence-electron chi connectivity index (χ1n) is 9.55. The number of benzene rings is 2. The molecule has 30 heavy (non-hydrogen) atoms. The van der Waals surface area contributed by atoms with Crippen molar-refractivity contribution in [3.8, 4) is 11.5 Å². The summed E-state index contributed by atoms with van der Waals surface area (Å²) in [5.41, 5.74) is 5.10. The monoisotopic (exact) mass is 415 g/mol. The molecule has 4 aromatic rings. The van der Waals surface area contributed by atoms with Crippen LogP contribution in [0.5, 0.6) is 11.5 Å². The highest BCUT2D eigenvalue weighted by molar-refractivity contribution is 7.08. The zero-order chi connectivity index (χ0) is 20.1. The van der Waals surface area contributed by atoms with Gasteiger partial charge in [0.05, 0.1) is 12.8 Å². The Labute approximate surface area is 176 Å². The molecule has 8 heteroatoms. The van der Waals surface area contributed by atoms with Gasteiger partial charge in [0.25, 0.3) is 0 Å². The van der Waals surface area contributed by atoms with Crippen molar-refractivity contribution in [1.82, 2.24) is 20.2 Å². The van der Waals surface area contributed by atoms with E-state index in [1.54, 1.807) is 23.1 Å². The molecule has 2 aliphatic heterocycles. The van der Waals surface area contributed by atoms with Crippen LogP contribution in [0.25, 0.3) is 5.70 Å². The molecule has 2 atom stereocenters. The highest BCUT2D eigenvalue weighted by Gasteiger charge is 2.42. The minimum atomic E-state index is -0.277. The molecule has 0 radical (unpaired) electrons. The molecular formula is C22H17N5O2S. The van der Waals surface area contributed by atoms with Gasteiger partial charge in [-0.15, -0.1) is 0 Å². The van der Waals surface area contributed by atoms with Crippen molar-refractivity contribution in [3.05, 3.63) is 87.6 Å². The SMILES string of the molecule is COc1ccccc1[C@@H]1C2=C(Nc3nnnn31)c1ccccc1O[C@@H]2c1ccsc1. The van der Waals surface area contributed by atoms with Crippen molar-refractivity contribution in [3.63, 3.8) is 0 Å². The van der Waals surface area contributed by atoms with E-state index < -0.39 is 0 Å². The number of hydrogen-bond acceptors (Lipinski definition) is 7. The maximum Gasteiger partial charge on any atom is 0.248 e. The quantitative estimate of drug-likeness (QED) is 0.538. The lowest BCUT2D eigenvalue weighted by molar-refractivity contribution is 0.222. The van der Waals surface area contributed by atoms with Gasteiger partial charge < -0.3 is 14.8 Å². The second-order valence-electron chi connectivity index (χ2n) is 7.10. The number of thiophene rings is 1. The smallest absolute Gasteiger partial charge is 0.248 e. The van der Waals surface area contributed by atoms with E-state index in [0.717, 1.165) is 39.5 Å². The van der Waals surface area contributed by atoms with Crippen molar-refractivity contribution >= 4 is 23.0 Å². The van der Waals surface area contributed by atoms with Gasteiger partial charge in [-0.1, -0.05) is 35.4 Å². The molecular weight excluding hydrogens is 398 g/mol. The van der Waals surface area contributed by atoms with E-state index in [1.165, 1.54) is 0 Å². The summed E-state index contributed by atoms with van der Waals surface area (Å²) in [5.74, 6) is 2.20. The molecule has 6 rings (SSSR count). The number of anilines is 1. The van der Waals surface area contributed by atoms with Crippen LogP contribution in [0.4, 0.5) is 5.95 Å². The molecule has 148 valence electrons. The van der Waals surface area contributed by atoms with E-state index in [4.69, 9.17) is 9.47 Å². The number of rotatable bonds is 3. The summed E-state index contributed by atoms with van der Waals surface area (Å²) in [6.07, 6.45) is -0.277. The van der Waals surface area contributed by atoms with Gasteiger partial charge in [-0.3, -0.25) is 0 Å². The van der Waals surface area contributed by atoms with Gasteiger partial charge in [0, 0.05) is 22.3 Å². The lowest BCUT2D eigenvalue weighted by Crippen LogP contribution is -2.32. The number of hydrogen-bond donors (Lipinski definition) is 1. The number of nitrogens with zero attached hydrogens (tertiary/aromatic N) is 4. The second kappa shape index (κ2) is 6.70. The van der Waals surface area contributed by atoms with E-state index >= 15 is 0 Å². The number of ether oxygens (including phenoxy) is 2. The van der Waals surface area contributed by atoms with Crippen LogP contribution >= 0.6 is 11.3 Å². The van der Waals surface area contributed by atoms with Gasteiger partial charge in [-0.2, -0.15) is 16.0 Å². The van der Waals surface area contributed by atoms with E-state index in [2.05, 4.69) is 49.8 Å². The van der Waals surface area contributed by atoms with Crippen LogP contribution in [0.2, 0.25) is 0 Å². The third kappa shape index (κ3) is 2.47. The molecule has 0 unspecified atom stereocenters. The first-order valence-corrected chi connectivity index (χ1v) is 10.5. The number of fused-ring (bicyclic) bond motifs is 3. The van der Waals surface area contributed by atoms with Crippen LogP contribution in [-0.4, -0.2) is 27.3 Å². The maximum absolute atomic E-state index is 6.55. The van der Waals surface area contributed by atoms with E-state index in [0.29, 0.717) is 5.95 Å². The van der Waals surface area contributed by atoms with Crippen LogP contribution in [0, 0.1) is 0 Å². The highest BCUT2D eigenvalue weighted by atomic mass is 32.1. The molecule has 2 aliphatic rings. The van der Waals surface area contributed by atoms with Crippen molar-refractivity contribution in [1.29, 1.82) is 0 Å². The van der Waals surface area contributed by atoms with E-state index in [9.17, 15) is 0 Å². The summed E-state index contributed by atoms with van der Waals surface area (Å²) in [4.78, 5) is 0. The molecule has 2 aromatic carbocycles. The van der Waals surface area contributed by atoms with Crippen LogP contribution in [0.15, 0.2) is 70.9 Å². The summed E-state index contributed by atoms with van der Waals surface area (Å²) >= 11 is 1.65. The molecule has 0 aliphatic carbocycles. The molecule has 0 saturated heterocycles. The van der Waals surface area contributed by atoms with Crippen LogP contribution in [0.1, 0.15) is 28.8 Å². The molecule has 4 heterocycles. The lowest BCUT2D eigenvalue weighted by atomic mass is 9.85. The average Bonchev–Trinajstić information content (AvgIpc) is 3.49. The molecule has 0 amide bonds. The first-order chi connectivity index (χ1) is 14.8. The normalized spacial score (nSPS) is 19.2. The Morgan fingerprint density at radius 3 is 2.83 bits per heavy atom. The standard InChI is InChI=1S/C22H17N5O2S/c1-28-16-8-4-3-7-15(16)20-18-19(23-22-24-25-26-27(20)22)14-6-2-5-9-17(14)29-21(18)13-10-11-30-12-13/h2-12,20-21H,1H3,(H,23,24,26)/t20-,21-/m1/s1. The number of tetrazole rings is 1. The molecule has 2 aromatic heterocycles. The van der Waals surface area contributed by atoms with Gasteiger partial charge in [0.15, 0.2) is 6.10 Å². The van der Waals surface area contributed by atoms with E-state index in [-0.39, 0.29) is 12.1 Å². The fourth-order valence-corrected chi connectivity index (χ4v) is 4.90. The highest BCUT2D eigenvalue weighted by Crippen LogP contribution is 2.51. The molecule has 0 spiro atoms. The average molecular weight is 415 g/mol. The zero-order valence-corrected chi connectivity index (χ0v) is 16.8. The van der Waals surface area contributed by atoms with Crippen LogP contribution in [0.3, 0.4) is 0 Å². The van der Waals surface area contributed by atoms with Gasteiger partial charge in [-0.05, 0) is 45.5 Å². The summed E-state index contributed by atoms with van der Waals surface area (Å²) in [7, 11) is 1.68. The van der Waals surface area contributed by atoms with E-state index in [1.807, 2.05) is 36.4 Å². The van der Waals surface area contributed by atoms with Gasteiger partial charge in [0.2, 0.25) is 5.95 Å². The third-order valence-electron chi connectivity index (χ3n) is 5.52. The van der Waals surface area contributed by atoms with Gasteiger partial charge >= 0.3 is 0 Å². The first kappa shape index (κ1) is 17.2. The topological polar surface area (TPSA) is 74.1 Å². The van der Waals surface area contributed by atoms with Gasteiger partial charge in [0.1, 0.15) is 17.5 Å². The fourth-order valence-electron chi connectivity index (χ4n) is 4.23. The molecule has 0 fully saturated rings. The largest absolute Gasteiger partial charge is 0.496 e. The third-order valence-corrected chi connectivity index (χ3v) is 6.22. The molecule has 0 saturated carbocycles. The van der Waals surface area contributed by atoms with Crippen molar-refractivity contribution in [2.45, 2.75) is 12.1 Å². The number of aromatic nitrogens is 4. The predicted molar refractivity (Wildman–Crippen MR) is 114 cm³/mol. The van der Waals surface area contributed by atoms with Crippen LogP contribution in [-0.2, 0) is 0 Å². The maximum atomic E-state index is 6.55. The Bertz CT molecular complexity index is 1260. The second-order valence-corrected chi connectivity index (χ2v) is 7.88. The molecule has 1 N–H and O–H groups in total. The summed E-state index contributed by atoms with van der Waals surface area (Å²) in [6, 6.07) is 17.8. The van der Waals surface area contributed by atoms with Crippen molar-refractivity contribution in [2.24, 2.45) is 0 Å². The Kier molecular flexibility index (Phi) is 3.85. The Balaban J connectivity index is 1.66. The Hall–Kier alpha value is -3.65. The number of methoxy groups -OCH3 is 1.